The maximum absolute atomic E-state index is 5.28. The van der Waals surface area contributed by atoms with E-state index in [2.05, 4.69) is 224 Å². The van der Waals surface area contributed by atoms with Crippen molar-refractivity contribution in [2.24, 2.45) is 0 Å². The van der Waals surface area contributed by atoms with Gasteiger partial charge in [0.2, 0.25) is 0 Å². The molecule has 0 saturated carbocycles. The third-order valence-electron chi connectivity index (χ3n) is 12.6. The van der Waals surface area contributed by atoms with Gasteiger partial charge in [0.25, 0.3) is 0 Å². The van der Waals surface area contributed by atoms with E-state index in [1.54, 1.807) is 0 Å². The van der Waals surface area contributed by atoms with Crippen molar-refractivity contribution in [1.29, 1.82) is 0 Å². The highest BCUT2D eigenvalue weighted by atomic mass is 32.1. The van der Waals surface area contributed by atoms with Crippen molar-refractivity contribution in [3.8, 4) is 67.3 Å². The first-order valence-corrected chi connectivity index (χ1v) is 22.0. The van der Waals surface area contributed by atoms with Crippen LogP contribution in [0.15, 0.2) is 231 Å². The molecule has 62 heavy (non-hydrogen) atoms. The number of thiophene rings is 1. The lowest BCUT2D eigenvalue weighted by molar-refractivity contribution is 0.768. The van der Waals surface area contributed by atoms with E-state index in [1.165, 1.54) is 70.2 Å². The van der Waals surface area contributed by atoms with Crippen molar-refractivity contribution in [2.75, 3.05) is 0 Å². The van der Waals surface area contributed by atoms with Crippen LogP contribution in [0.1, 0.15) is 22.3 Å². The molecule has 0 N–H and O–H groups in total. The van der Waals surface area contributed by atoms with Gasteiger partial charge in [-0.05, 0) is 79.9 Å². The minimum atomic E-state index is -0.467. The SMILES string of the molecule is c1ccc(-c2nc(-c3cccc(-c4cccc5c4-c4ccccc4C5(c4ccccc4)c4ccccc4)c3)cc(-c3cccc(-c4cccc5c4sc4ccccc45)c3)n2)cc1. The maximum Gasteiger partial charge on any atom is 0.160 e. The molecule has 2 nitrogen and oxygen atoms in total. The van der Waals surface area contributed by atoms with Crippen LogP contribution in [0.2, 0.25) is 0 Å². The fourth-order valence-corrected chi connectivity index (χ4v) is 11.1. The molecule has 2 heterocycles. The lowest BCUT2D eigenvalue weighted by Gasteiger charge is -2.34. The Morgan fingerprint density at radius 3 is 1.53 bits per heavy atom. The minimum Gasteiger partial charge on any atom is -0.228 e. The number of nitrogens with zero attached hydrogens (tertiary/aromatic N) is 2. The van der Waals surface area contributed by atoms with Gasteiger partial charge in [-0.15, -0.1) is 11.3 Å². The summed E-state index contributed by atoms with van der Waals surface area (Å²) in [5.41, 5.74) is 16.8. The van der Waals surface area contributed by atoms with Crippen LogP contribution >= 0.6 is 11.3 Å². The molecule has 0 aliphatic heterocycles. The fraction of sp³-hybridized carbons (Fsp3) is 0.0169. The molecule has 0 amide bonds. The van der Waals surface area contributed by atoms with Gasteiger partial charge in [-0.25, -0.2) is 9.97 Å². The molecule has 290 valence electrons. The zero-order valence-corrected chi connectivity index (χ0v) is 34.6. The molecule has 1 aliphatic carbocycles. The topological polar surface area (TPSA) is 25.8 Å². The summed E-state index contributed by atoms with van der Waals surface area (Å²) in [6.45, 7) is 0. The summed E-state index contributed by atoms with van der Waals surface area (Å²) in [4.78, 5) is 10.5. The summed E-state index contributed by atoms with van der Waals surface area (Å²) in [6, 6.07) is 83.4. The zero-order valence-electron chi connectivity index (χ0n) is 33.7. The highest BCUT2D eigenvalue weighted by Gasteiger charge is 2.46. The third kappa shape index (κ3) is 5.78. The average molecular weight is 807 g/mol. The Bertz CT molecular complexity index is 3420. The summed E-state index contributed by atoms with van der Waals surface area (Å²) in [5, 5.41) is 2.60. The summed E-state index contributed by atoms with van der Waals surface area (Å²) < 4.78 is 2.61. The van der Waals surface area contributed by atoms with E-state index < -0.39 is 5.41 Å². The van der Waals surface area contributed by atoms with Crippen LogP contribution in [0.5, 0.6) is 0 Å². The van der Waals surface area contributed by atoms with Gasteiger partial charge in [-0.3, -0.25) is 0 Å². The Hall–Kier alpha value is -7.72. The largest absolute Gasteiger partial charge is 0.228 e. The first-order valence-electron chi connectivity index (χ1n) is 21.1. The van der Waals surface area contributed by atoms with Gasteiger partial charge in [0.15, 0.2) is 5.82 Å². The summed E-state index contributed by atoms with van der Waals surface area (Å²) in [6.07, 6.45) is 0. The van der Waals surface area contributed by atoms with Crippen molar-refractivity contribution in [3.05, 3.63) is 253 Å². The number of hydrogen-bond donors (Lipinski definition) is 0. The molecule has 0 atom stereocenters. The number of hydrogen-bond acceptors (Lipinski definition) is 3. The molecule has 11 aromatic rings. The molecule has 0 bridgehead atoms. The second-order valence-corrected chi connectivity index (χ2v) is 17.1. The second kappa shape index (κ2) is 14.8. The quantitative estimate of drug-likeness (QED) is 0.160. The van der Waals surface area contributed by atoms with Crippen molar-refractivity contribution in [1.82, 2.24) is 9.97 Å². The monoisotopic (exact) mass is 806 g/mol. The average Bonchev–Trinajstić information content (AvgIpc) is 3.89. The first-order chi connectivity index (χ1) is 30.7. The van der Waals surface area contributed by atoms with E-state index in [-0.39, 0.29) is 0 Å². The van der Waals surface area contributed by atoms with Gasteiger partial charge in [-0.2, -0.15) is 0 Å². The maximum atomic E-state index is 5.28. The van der Waals surface area contributed by atoms with E-state index >= 15 is 0 Å². The molecular weight excluding hydrogens is 769 g/mol. The molecule has 0 radical (unpaired) electrons. The predicted molar refractivity (Wildman–Crippen MR) is 259 cm³/mol. The molecule has 0 saturated heterocycles. The van der Waals surface area contributed by atoms with Crippen LogP contribution < -0.4 is 0 Å². The van der Waals surface area contributed by atoms with E-state index in [1.807, 2.05) is 17.4 Å². The highest BCUT2D eigenvalue weighted by Crippen LogP contribution is 2.58. The van der Waals surface area contributed by atoms with E-state index in [9.17, 15) is 0 Å². The molecule has 2 aromatic heterocycles. The Morgan fingerprint density at radius 1 is 0.339 bits per heavy atom. The Morgan fingerprint density at radius 2 is 0.823 bits per heavy atom. The Kier molecular flexibility index (Phi) is 8.62. The molecule has 0 fully saturated rings. The molecule has 1 aliphatic rings. The number of fused-ring (bicyclic) bond motifs is 6. The smallest absolute Gasteiger partial charge is 0.160 e. The van der Waals surface area contributed by atoms with Crippen LogP contribution in [0, 0.1) is 0 Å². The van der Waals surface area contributed by atoms with E-state index in [0.29, 0.717) is 5.82 Å². The normalized spacial score (nSPS) is 12.6. The Balaban J connectivity index is 1.02. The molecule has 3 heteroatoms. The van der Waals surface area contributed by atoms with Crippen molar-refractivity contribution < 1.29 is 0 Å². The number of rotatable bonds is 7. The van der Waals surface area contributed by atoms with Crippen LogP contribution in [0.3, 0.4) is 0 Å². The second-order valence-electron chi connectivity index (χ2n) is 16.0. The van der Waals surface area contributed by atoms with E-state index in [0.717, 1.165) is 33.6 Å². The van der Waals surface area contributed by atoms with Crippen LogP contribution in [0.4, 0.5) is 0 Å². The van der Waals surface area contributed by atoms with E-state index in [4.69, 9.17) is 9.97 Å². The van der Waals surface area contributed by atoms with Crippen LogP contribution in [-0.4, -0.2) is 9.97 Å². The van der Waals surface area contributed by atoms with Gasteiger partial charge in [0.05, 0.1) is 16.8 Å². The van der Waals surface area contributed by atoms with Crippen LogP contribution in [-0.2, 0) is 5.41 Å². The Labute approximate surface area is 365 Å². The number of aromatic nitrogens is 2. The third-order valence-corrected chi connectivity index (χ3v) is 13.8. The predicted octanol–water partition coefficient (Wildman–Crippen LogP) is 15.5. The van der Waals surface area contributed by atoms with Gasteiger partial charge < -0.3 is 0 Å². The van der Waals surface area contributed by atoms with Gasteiger partial charge in [-0.1, -0.05) is 206 Å². The van der Waals surface area contributed by atoms with Crippen molar-refractivity contribution in [3.63, 3.8) is 0 Å². The fourth-order valence-electron chi connectivity index (χ4n) is 9.86. The summed E-state index contributed by atoms with van der Waals surface area (Å²) in [7, 11) is 0. The van der Waals surface area contributed by atoms with Gasteiger partial charge in [0, 0.05) is 36.9 Å². The van der Waals surface area contributed by atoms with Crippen molar-refractivity contribution in [2.45, 2.75) is 5.41 Å². The molecule has 9 aromatic carbocycles. The molecular formula is C59H38N2S. The van der Waals surface area contributed by atoms with Gasteiger partial charge >= 0.3 is 0 Å². The van der Waals surface area contributed by atoms with Crippen LogP contribution in [0.25, 0.3) is 87.5 Å². The highest BCUT2D eigenvalue weighted by molar-refractivity contribution is 7.26. The zero-order chi connectivity index (χ0) is 41.0. The standard InChI is InChI=1S/C59H38N2S/c1-4-18-39(19-5-1)58-60-53(38-54(61-58)43-23-15-21-41(37-43)47-31-16-32-49-48-28-11-13-35-55(48)62-57(47)49)42-22-14-20-40(36-42)46-30-17-34-52-56(46)50-29-10-12-33-51(50)59(52,44-24-6-2-7-25-44)45-26-8-3-9-27-45/h1-38H. The minimum absolute atomic E-state index is 0.467. The molecule has 0 unspecified atom stereocenters. The summed E-state index contributed by atoms with van der Waals surface area (Å²) in [5.74, 6) is 0.700. The molecule has 12 rings (SSSR count). The lowest BCUT2D eigenvalue weighted by atomic mass is 9.67. The first kappa shape index (κ1) is 36.2. The van der Waals surface area contributed by atoms with Crippen molar-refractivity contribution >= 4 is 31.5 Å². The molecule has 0 spiro atoms. The van der Waals surface area contributed by atoms with Gasteiger partial charge in [0.1, 0.15) is 0 Å². The lowest BCUT2D eigenvalue weighted by Crippen LogP contribution is -2.28. The number of benzene rings is 9. The summed E-state index contributed by atoms with van der Waals surface area (Å²) >= 11 is 1.86.